The molecule has 1 amide bonds. The third kappa shape index (κ3) is 2.18. The van der Waals surface area contributed by atoms with E-state index in [4.69, 9.17) is 0 Å². The molecule has 0 spiro atoms. The second-order valence-corrected chi connectivity index (χ2v) is 4.10. The van der Waals surface area contributed by atoms with Crippen LogP contribution in [0, 0.1) is 5.82 Å². The lowest BCUT2D eigenvalue weighted by Gasteiger charge is -2.06. The summed E-state index contributed by atoms with van der Waals surface area (Å²) in [6, 6.07) is 10.9. The lowest BCUT2D eigenvalue weighted by Crippen LogP contribution is -2.12. The first-order valence-corrected chi connectivity index (χ1v) is 5.73. The van der Waals surface area contributed by atoms with E-state index in [1.807, 2.05) is 12.1 Å². The van der Waals surface area contributed by atoms with Crippen molar-refractivity contribution in [1.82, 2.24) is 10.2 Å². The van der Waals surface area contributed by atoms with E-state index in [0.717, 1.165) is 10.9 Å². The first-order chi connectivity index (χ1) is 9.24. The number of rotatable bonds is 2. The Labute approximate surface area is 108 Å². The number of hydrogen-bond donors (Lipinski definition) is 2. The number of halogens is 1. The van der Waals surface area contributed by atoms with Crippen molar-refractivity contribution in [3.63, 3.8) is 0 Å². The first-order valence-electron chi connectivity index (χ1n) is 5.73. The van der Waals surface area contributed by atoms with Crippen molar-refractivity contribution in [2.24, 2.45) is 0 Å². The van der Waals surface area contributed by atoms with Crippen LogP contribution in [-0.4, -0.2) is 16.1 Å². The molecule has 5 heteroatoms. The van der Waals surface area contributed by atoms with Gasteiger partial charge in [-0.05, 0) is 30.3 Å². The number of nitrogens with zero attached hydrogens (tertiary/aromatic N) is 1. The normalized spacial score (nSPS) is 10.6. The van der Waals surface area contributed by atoms with Crippen LogP contribution in [0.5, 0.6) is 0 Å². The third-order valence-electron chi connectivity index (χ3n) is 2.83. The summed E-state index contributed by atoms with van der Waals surface area (Å²) in [4.78, 5) is 12.0. The number of fused-ring (bicyclic) bond motifs is 1. The molecule has 0 fully saturated rings. The molecule has 0 unspecified atom stereocenters. The van der Waals surface area contributed by atoms with E-state index in [1.165, 1.54) is 24.3 Å². The van der Waals surface area contributed by atoms with E-state index in [2.05, 4.69) is 15.5 Å². The van der Waals surface area contributed by atoms with Crippen molar-refractivity contribution >= 4 is 22.5 Å². The van der Waals surface area contributed by atoms with Crippen molar-refractivity contribution in [2.45, 2.75) is 0 Å². The van der Waals surface area contributed by atoms with Gasteiger partial charge in [-0.25, -0.2) is 4.39 Å². The van der Waals surface area contributed by atoms with Crippen molar-refractivity contribution < 1.29 is 9.18 Å². The molecule has 0 aliphatic carbocycles. The average Bonchev–Trinajstić information content (AvgIpc) is 2.89. The highest BCUT2D eigenvalue weighted by atomic mass is 19.1. The Morgan fingerprint density at radius 3 is 2.74 bits per heavy atom. The molecule has 0 atom stereocenters. The van der Waals surface area contributed by atoms with Gasteiger partial charge in [-0.2, -0.15) is 5.10 Å². The van der Waals surface area contributed by atoms with Crippen molar-refractivity contribution in [3.05, 3.63) is 60.0 Å². The SMILES string of the molecule is O=C(Nc1cccc2cn[nH]c12)c1ccc(F)cc1. The number of hydrogen-bond acceptors (Lipinski definition) is 2. The van der Waals surface area contributed by atoms with Crippen molar-refractivity contribution in [2.75, 3.05) is 5.32 Å². The van der Waals surface area contributed by atoms with E-state index < -0.39 is 0 Å². The van der Waals surface area contributed by atoms with Crippen LogP contribution in [0.4, 0.5) is 10.1 Å². The monoisotopic (exact) mass is 255 g/mol. The van der Waals surface area contributed by atoms with Gasteiger partial charge in [0.05, 0.1) is 17.4 Å². The van der Waals surface area contributed by atoms with Gasteiger partial charge >= 0.3 is 0 Å². The van der Waals surface area contributed by atoms with Crippen LogP contribution in [0.15, 0.2) is 48.7 Å². The Hall–Kier alpha value is -2.69. The predicted molar refractivity (Wildman–Crippen MR) is 70.4 cm³/mol. The summed E-state index contributed by atoms with van der Waals surface area (Å²) in [6.45, 7) is 0. The number of H-pyrrole nitrogens is 1. The van der Waals surface area contributed by atoms with Crippen LogP contribution in [0.1, 0.15) is 10.4 Å². The van der Waals surface area contributed by atoms with Crippen molar-refractivity contribution in [3.8, 4) is 0 Å². The van der Waals surface area contributed by atoms with E-state index in [1.54, 1.807) is 12.3 Å². The average molecular weight is 255 g/mol. The van der Waals surface area contributed by atoms with Crippen LogP contribution >= 0.6 is 0 Å². The lowest BCUT2D eigenvalue weighted by molar-refractivity contribution is 0.102. The van der Waals surface area contributed by atoms with E-state index >= 15 is 0 Å². The number of carbonyl (C=O) groups excluding carboxylic acids is 1. The summed E-state index contributed by atoms with van der Waals surface area (Å²) < 4.78 is 12.8. The zero-order valence-corrected chi connectivity index (χ0v) is 9.85. The van der Waals surface area contributed by atoms with Crippen LogP contribution in [-0.2, 0) is 0 Å². The van der Waals surface area contributed by atoms with Gasteiger partial charge < -0.3 is 5.32 Å². The summed E-state index contributed by atoms with van der Waals surface area (Å²) in [7, 11) is 0. The molecular formula is C14H10FN3O. The highest BCUT2D eigenvalue weighted by Gasteiger charge is 2.09. The molecule has 1 heterocycles. The Morgan fingerprint density at radius 2 is 1.95 bits per heavy atom. The summed E-state index contributed by atoms with van der Waals surface area (Å²) in [5, 5.41) is 10.4. The Balaban J connectivity index is 1.90. The van der Waals surface area contributed by atoms with Gasteiger partial charge in [0.2, 0.25) is 0 Å². The van der Waals surface area contributed by atoms with Gasteiger partial charge in [-0.15, -0.1) is 0 Å². The number of aromatic nitrogens is 2. The molecular weight excluding hydrogens is 245 g/mol. The van der Waals surface area contributed by atoms with Crippen LogP contribution in [0.2, 0.25) is 0 Å². The maximum atomic E-state index is 12.8. The topological polar surface area (TPSA) is 57.8 Å². The number of anilines is 1. The standard InChI is InChI=1S/C14H10FN3O/c15-11-6-4-9(5-7-11)14(19)17-12-3-1-2-10-8-16-18-13(10)12/h1-8H,(H,16,18)(H,17,19). The molecule has 4 nitrogen and oxygen atoms in total. The van der Waals surface area contributed by atoms with Gasteiger partial charge in [0.25, 0.3) is 5.91 Å². The van der Waals surface area contributed by atoms with Crippen LogP contribution in [0.3, 0.4) is 0 Å². The minimum atomic E-state index is -0.368. The Kier molecular flexibility index (Phi) is 2.72. The van der Waals surface area contributed by atoms with Gasteiger partial charge in [-0.1, -0.05) is 12.1 Å². The lowest BCUT2D eigenvalue weighted by atomic mass is 10.2. The Morgan fingerprint density at radius 1 is 1.16 bits per heavy atom. The zero-order valence-electron chi connectivity index (χ0n) is 9.85. The zero-order chi connectivity index (χ0) is 13.2. The number of nitrogens with one attached hydrogen (secondary N) is 2. The summed E-state index contributed by atoms with van der Waals surface area (Å²) in [5.41, 5.74) is 1.81. The van der Waals surface area contributed by atoms with Crippen LogP contribution in [0.25, 0.3) is 10.9 Å². The smallest absolute Gasteiger partial charge is 0.255 e. The molecule has 1 aromatic heterocycles. The number of benzene rings is 2. The molecule has 3 aromatic rings. The molecule has 3 rings (SSSR count). The van der Waals surface area contributed by atoms with Gasteiger partial charge in [-0.3, -0.25) is 9.89 Å². The molecule has 94 valence electrons. The fourth-order valence-corrected chi connectivity index (χ4v) is 1.87. The largest absolute Gasteiger partial charge is 0.320 e. The molecule has 0 radical (unpaired) electrons. The number of carbonyl (C=O) groups is 1. The molecule has 0 saturated heterocycles. The van der Waals surface area contributed by atoms with Gasteiger partial charge in [0.15, 0.2) is 0 Å². The highest BCUT2D eigenvalue weighted by molar-refractivity contribution is 6.08. The molecule has 0 saturated carbocycles. The third-order valence-corrected chi connectivity index (χ3v) is 2.83. The van der Waals surface area contributed by atoms with Gasteiger partial charge in [0, 0.05) is 10.9 Å². The molecule has 2 aromatic carbocycles. The van der Waals surface area contributed by atoms with Crippen LogP contribution < -0.4 is 5.32 Å². The second-order valence-electron chi connectivity index (χ2n) is 4.10. The summed E-state index contributed by atoms with van der Waals surface area (Å²) in [5.74, 6) is -0.658. The number of amides is 1. The molecule has 0 aliphatic rings. The summed E-state index contributed by atoms with van der Waals surface area (Å²) in [6.07, 6.45) is 1.68. The van der Waals surface area contributed by atoms with Gasteiger partial charge in [0.1, 0.15) is 5.82 Å². The van der Waals surface area contributed by atoms with E-state index in [-0.39, 0.29) is 11.7 Å². The Bertz CT molecular complexity index is 734. The fraction of sp³-hybridized carbons (Fsp3) is 0. The minimum Gasteiger partial charge on any atom is -0.320 e. The molecule has 0 aliphatic heterocycles. The number of aromatic amines is 1. The quantitative estimate of drug-likeness (QED) is 0.739. The molecule has 0 bridgehead atoms. The van der Waals surface area contributed by atoms with Crippen molar-refractivity contribution in [1.29, 1.82) is 0 Å². The maximum Gasteiger partial charge on any atom is 0.255 e. The molecule has 2 N–H and O–H groups in total. The van der Waals surface area contributed by atoms with E-state index in [9.17, 15) is 9.18 Å². The fourth-order valence-electron chi connectivity index (χ4n) is 1.87. The molecule has 19 heavy (non-hydrogen) atoms. The predicted octanol–water partition coefficient (Wildman–Crippen LogP) is 2.95. The second kappa shape index (κ2) is 4.53. The van der Waals surface area contributed by atoms with E-state index in [0.29, 0.717) is 11.3 Å². The first kappa shape index (κ1) is 11.4. The minimum absolute atomic E-state index is 0.290. The summed E-state index contributed by atoms with van der Waals surface area (Å²) >= 11 is 0. The highest BCUT2D eigenvalue weighted by Crippen LogP contribution is 2.21. The maximum absolute atomic E-state index is 12.8. The number of para-hydroxylation sites is 1.